The molecule has 1 aliphatic rings. The van der Waals surface area contributed by atoms with Crippen molar-refractivity contribution in [1.82, 2.24) is 0 Å². The van der Waals surface area contributed by atoms with E-state index in [0.29, 0.717) is 26.4 Å². The number of ether oxygens (including phenoxy) is 4. The Labute approximate surface area is 188 Å². The van der Waals surface area contributed by atoms with Crippen molar-refractivity contribution in [2.75, 3.05) is 6.61 Å². The van der Waals surface area contributed by atoms with Gasteiger partial charge in [-0.25, -0.2) is 0 Å². The summed E-state index contributed by atoms with van der Waals surface area (Å²) < 4.78 is 24.3. The summed E-state index contributed by atoms with van der Waals surface area (Å²) in [6.45, 7) is 1.56. The van der Waals surface area contributed by atoms with E-state index in [0.717, 1.165) is 23.0 Å². The standard InChI is InChI=1S/C27H28O5/c28-16-24-26(30-18-22-12-6-2-7-13-22)27(31-19-23-14-8-3-9-15-23)25(32-24)20-29-17-21-10-4-1-5-11-21/h1-16,24-27H,17-20H2/t24-,25-,26+,27+/m0/s1. The third kappa shape index (κ3) is 6.11. The normalized spacial score (nSPS) is 22.6. The van der Waals surface area contributed by atoms with Crippen molar-refractivity contribution in [2.24, 2.45) is 0 Å². The summed E-state index contributed by atoms with van der Waals surface area (Å²) in [5, 5.41) is 0. The zero-order chi connectivity index (χ0) is 22.0. The van der Waals surface area contributed by atoms with Crippen molar-refractivity contribution in [3.8, 4) is 0 Å². The molecule has 0 N–H and O–H groups in total. The van der Waals surface area contributed by atoms with Gasteiger partial charge in [-0.2, -0.15) is 0 Å². The highest BCUT2D eigenvalue weighted by Gasteiger charge is 2.46. The molecule has 0 amide bonds. The van der Waals surface area contributed by atoms with E-state index in [1.54, 1.807) is 0 Å². The summed E-state index contributed by atoms with van der Waals surface area (Å²) >= 11 is 0. The molecule has 1 fully saturated rings. The quantitative estimate of drug-likeness (QED) is 0.422. The number of hydrogen-bond donors (Lipinski definition) is 0. The van der Waals surface area contributed by atoms with Crippen molar-refractivity contribution in [3.05, 3.63) is 108 Å². The third-order valence-electron chi connectivity index (χ3n) is 5.44. The van der Waals surface area contributed by atoms with E-state index in [1.807, 2.05) is 91.0 Å². The van der Waals surface area contributed by atoms with Crippen LogP contribution in [0.5, 0.6) is 0 Å². The van der Waals surface area contributed by atoms with Gasteiger partial charge in [0.05, 0.1) is 26.4 Å². The van der Waals surface area contributed by atoms with Gasteiger partial charge in [0.2, 0.25) is 0 Å². The third-order valence-corrected chi connectivity index (χ3v) is 5.44. The van der Waals surface area contributed by atoms with Gasteiger partial charge >= 0.3 is 0 Å². The number of carbonyl (C=O) groups excluding carboxylic acids is 1. The lowest BCUT2D eigenvalue weighted by Gasteiger charge is -2.24. The Morgan fingerprint density at radius 1 is 0.656 bits per heavy atom. The maximum Gasteiger partial charge on any atom is 0.151 e. The Kier molecular flexibility index (Phi) is 8.17. The smallest absolute Gasteiger partial charge is 0.151 e. The highest BCUT2D eigenvalue weighted by atomic mass is 16.6. The van der Waals surface area contributed by atoms with Gasteiger partial charge in [0.15, 0.2) is 6.29 Å². The van der Waals surface area contributed by atoms with Crippen LogP contribution in [0.4, 0.5) is 0 Å². The van der Waals surface area contributed by atoms with Gasteiger partial charge in [-0.05, 0) is 16.7 Å². The number of aldehydes is 1. The Hall–Kier alpha value is -2.83. The molecule has 0 aromatic heterocycles. The molecule has 1 aliphatic heterocycles. The molecule has 3 aromatic carbocycles. The van der Waals surface area contributed by atoms with Gasteiger partial charge in [-0.1, -0.05) is 91.0 Å². The maximum absolute atomic E-state index is 11.8. The van der Waals surface area contributed by atoms with Crippen molar-refractivity contribution in [1.29, 1.82) is 0 Å². The highest BCUT2D eigenvalue weighted by molar-refractivity contribution is 5.58. The molecular weight excluding hydrogens is 404 g/mol. The molecule has 1 heterocycles. The topological polar surface area (TPSA) is 54.0 Å². The van der Waals surface area contributed by atoms with Gasteiger partial charge in [-0.15, -0.1) is 0 Å². The SMILES string of the molecule is O=C[C@@H]1O[C@@H](COCc2ccccc2)[C@@H](OCc2ccccc2)[C@@H]1OCc1ccccc1. The molecule has 0 radical (unpaired) electrons. The molecule has 4 atom stereocenters. The first-order valence-electron chi connectivity index (χ1n) is 10.9. The molecule has 0 aliphatic carbocycles. The van der Waals surface area contributed by atoms with E-state index in [4.69, 9.17) is 18.9 Å². The van der Waals surface area contributed by atoms with Crippen molar-refractivity contribution in [3.63, 3.8) is 0 Å². The van der Waals surface area contributed by atoms with E-state index in [-0.39, 0.29) is 0 Å². The van der Waals surface area contributed by atoms with Crippen LogP contribution < -0.4 is 0 Å². The monoisotopic (exact) mass is 432 g/mol. The van der Waals surface area contributed by atoms with Crippen LogP contribution in [0.2, 0.25) is 0 Å². The molecule has 1 saturated heterocycles. The molecule has 32 heavy (non-hydrogen) atoms. The number of hydrogen-bond acceptors (Lipinski definition) is 5. The average molecular weight is 433 g/mol. The average Bonchev–Trinajstić information content (AvgIpc) is 3.19. The summed E-state index contributed by atoms with van der Waals surface area (Å²) in [6.07, 6.45) is -1.25. The maximum atomic E-state index is 11.8. The first kappa shape index (κ1) is 22.4. The number of rotatable bonds is 11. The van der Waals surface area contributed by atoms with Gasteiger partial charge in [0.1, 0.15) is 24.4 Å². The van der Waals surface area contributed by atoms with Crippen LogP contribution in [-0.2, 0) is 43.6 Å². The Morgan fingerprint density at radius 2 is 1.12 bits per heavy atom. The second-order valence-electron chi connectivity index (χ2n) is 7.80. The lowest BCUT2D eigenvalue weighted by atomic mass is 10.1. The fraction of sp³-hybridized carbons (Fsp3) is 0.296. The summed E-state index contributed by atoms with van der Waals surface area (Å²) in [6, 6.07) is 29.8. The van der Waals surface area contributed by atoms with Crippen molar-refractivity contribution in [2.45, 2.75) is 44.2 Å². The molecule has 0 unspecified atom stereocenters. The van der Waals surface area contributed by atoms with E-state index < -0.39 is 24.4 Å². The zero-order valence-corrected chi connectivity index (χ0v) is 17.9. The summed E-state index contributed by atoms with van der Waals surface area (Å²) in [5.41, 5.74) is 3.16. The van der Waals surface area contributed by atoms with Crippen molar-refractivity contribution >= 4 is 6.29 Å². The Bertz CT molecular complexity index is 932. The van der Waals surface area contributed by atoms with E-state index in [9.17, 15) is 4.79 Å². The largest absolute Gasteiger partial charge is 0.374 e. The first-order chi connectivity index (χ1) is 15.8. The number of carbonyl (C=O) groups is 1. The molecule has 0 saturated carbocycles. The predicted octanol–water partition coefficient (Wildman–Crippen LogP) is 4.34. The zero-order valence-electron chi connectivity index (χ0n) is 17.9. The minimum absolute atomic E-state index is 0.309. The lowest BCUT2D eigenvalue weighted by Crippen LogP contribution is -2.39. The van der Waals surface area contributed by atoms with E-state index >= 15 is 0 Å². The molecule has 5 heteroatoms. The van der Waals surface area contributed by atoms with Gasteiger partial charge in [0.25, 0.3) is 0 Å². The number of benzene rings is 3. The lowest BCUT2D eigenvalue weighted by molar-refractivity contribution is -0.124. The van der Waals surface area contributed by atoms with Crippen LogP contribution in [0.1, 0.15) is 16.7 Å². The van der Waals surface area contributed by atoms with Crippen LogP contribution in [0, 0.1) is 0 Å². The van der Waals surface area contributed by atoms with Gasteiger partial charge in [0, 0.05) is 0 Å². The van der Waals surface area contributed by atoms with Crippen LogP contribution >= 0.6 is 0 Å². The molecular formula is C27H28O5. The van der Waals surface area contributed by atoms with Crippen LogP contribution in [-0.4, -0.2) is 37.3 Å². The van der Waals surface area contributed by atoms with E-state index in [1.165, 1.54) is 0 Å². The first-order valence-corrected chi connectivity index (χ1v) is 10.9. The van der Waals surface area contributed by atoms with Crippen molar-refractivity contribution < 1.29 is 23.7 Å². The summed E-state index contributed by atoms with van der Waals surface area (Å²) in [7, 11) is 0. The Balaban J connectivity index is 1.43. The minimum Gasteiger partial charge on any atom is -0.374 e. The molecule has 0 spiro atoms. The fourth-order valence-electron chi connectivity index (χ4n) is 3.79. The van der Waals surface area contributed by atoms with E-state index in [2.05, 4.69) is 0 Å². The molecule has 3 aromatic rings. The van der Waals surface area contributed by atoms with Crippen LogP contribution in [0.3, 0.4) is 0 Å². The molecule has 5 nitrogen and oxygen atoms in total. The summed E-state index contributed by atoms with van der Waals surface area (Å²) in [4.78, 5) is 11.8. The highest BCUT2D eigenvalue weighted by Crippen LogP contribution is 2.28. The molecule has 166 valence electrons. The molecule has 0 bridgehead atoms. The summed E-state index contributed by atoms with van der Waals surface area (Å²) in [5.74, 6) is 0. The van der Waals surface area contributed by atoms with Gasteiger partial charge in [-0.3, -0.25) is 0 Å². The van der Waals surface area contributed by atoms with Gasteiger partial charge < -0.3 is 23.7 Å². The Morgan fingerprint density at radius 3 is 1.62 bits per heavy atom. The predicted molar refractivity (Wildman–Crippen MR) is 121 cm³/mol. The second-order valence-corrected chi connectivity index (χ2v) is 7.80. The fourth-order valence-corrected chi connectivity index (χ4v) is 3.79. The van der Waals surface area contributed by atoms with Crippen LogP contribution in [0.15, 0.2) is 91.0 Å². The van der Waals surface area contributed by atoms with Crippen LogP contribution in [0.25, 0.3) is 0 Å². The second kappa shape index (κ2) is 11.7. The minimum atomic E-state index is -0.704. The molecule has 4 rings (SSSR count).